The quantitative estimate of drug-likeness (QED) is 0.794. The van der Waals surface area contributed by atoms with Crippen LogP contribution in [0.3, 0.4) is 0 Å². The van der Waals surface area contributed by atoms with Crippen LogP contribution in [-0.4, -0.2) is 31.1 Å². The molecule has 1 aromatic rings. The molecule has 1 aromatic carbocycles. The van der Waals surface area contributed by atoms with Crippen LogP contribution in [0.4, 0.5) is 26.3 Å². The highest BCUT2D eigenvalue weighted by Crippen LogP contribution is 2.46. The number of hydrogen-bond acceptors (Lipinski definition) is 2. The Labute approximate surface area is 142 Å². The van der Waals surface area contributed by atoms with E-state index in [0.717, 1.165) is 31.4 Å². The van der Waals surface area contributed by atoms with Gasteiger partial charge in [0, 0.05) is 32.2 Å². The van der Waals surface area contributed by atoms with Crippen molar-refractivity contribution in [1.29, 1.82) is 0 Å². The van der Waals surface area contributed by atoms with Crippen LogP contribution >= 0.6 is 0 Å². The SMILES string of the molecule is FC(F)(F)c1ccc([C@H](C2CCC2)N2CCNCC2)c(C(F)(F)F)c1. The molecule has 3 rings (SSSR count). The molecule has 25 heavy (non-hydrogen) atoms. The smallest absolute Gasteiger partial charge is 0.314 e. The van der Waals surface area contributed by atoms with E-state index in [1.165, 1.54) is 0 Å². The third-order valence-corrected chi connectivity index (χ3v) is 5.15. The molecule has 0 spiro atoms. The summed E-state index contributed by atoms with van der Waals surface area (Å²) in [6.45, 7) is 2.54. The minimum atomic E-state index is -4.81. The first-order valence-corrected chi connectivity index (χ1v) is 8.41. The fraction of sp³-hybridized carbons (Fsp3) is 0.647. The van der Waals surface area contributed by atoms with Crippen LogP contribution in [0.2, 0.25) is 0 Å². The first kappa shape index (κ1) is 18.5. The molecule has 0 bridgehead atoms. The monoisotopic (exact) mass is 366 g/mol. The maximum atomic E-state index is 13.5. The van der Waals surface area contributed by atoms with Gasteiger partial charge in [0.05, 0.1) is 11.1 Å². The molecule has 1 saturated heterocycles. The molecule has 0 amide bonds. The largest absolute Gasteiger partial charge is 0.416 e. The summed E-state index contributed by atoms with van der Waals surface area (Å²) in [5.74, 6) is 0.0657. The van der Waals surface area contributed by atoms with Crippen molar-refractivity contribution in [1.82, 2.24) is 10.2 Å². The Bertz CT molecular complexity index is 600. The van der Waals surface area contributed by atoms with Crippen molar-refractivity contribution in [3.63, 3.8) is 0 Å². The summed E-state index contributed by atoms with van der Waals surface area (Å²) in [7, 11) is 0. The van der Waals surface area contributed by atoms with E-state index in [1.54, 1.807) is 0 Å². The van der Waals surface area contributed by atoms with Gasteiger partial charge < -0.3 is 5.32 Å². The van der Waals surface area contributed by atoms with Gasteiger partial charge in [-0.2, -0.15) is 26.3 Å². The predicted octanol–water partition coefficient (Wildman–Crippen LogP) is 4.47. The minimum Gasteiger partial charge on any atom is -0.314 e. The molecule has 2 fully saturated rings. The summed E-state index contributed by atoms with van der Waals surface area (Å²) in [6.07, 6.45) is -7.03. The summed E-state index contributed by atoms with van der Waals surface area (Å²) in [4.78, 5) is 1.98. The second-order valence-corrected chi connectivity index (χ2v) is 6.72. The van der Waals surface area contributed by atoms with Gasteiger partial charge in [-0.05, 0) is 36.5 Å². The Morgan fingerprint density at radius 1 is 0.960 bits per heavy atom. The summed E-state index contributed by atoms with van der Waals surface area (Å²) in [5, 5.41) is 3.16. The summed E-state index contributed by atoms with van der Waals surface area (Å²) in [5.41, 5.74) is -2.43. The topological polar surface area (TPSA) is 15.3 Å². The Kier molecular flexibility index (Phi) is 5.03. The van der Waals surface area contributed by atoms with Gasteiger partial charge in [0.1, 0.15) is 0 Å². The first-order valence-electron chi connectivity index (χ1n) is 8.41. The van der Waals surface area contributed by atoms with Crippen LogP contribution in [0.5, 0.6) is 0 Å². The molecule has 0 radical (unpaired) electrons. The molecule has 0 unspecified atom stereocenters. The maximum absolute atomic E-state index is 13.5. The van der Waals surface area contributed by atoms with E-state index in [2.05, 4.69) is 5.32 Å². The van der Waals surface area contributed by atoms with Crippen molar-refractivity contribution in [3.05, 3.63) is 34.9 Å². The van der Waals surface area contributed by atoms with Gasteiger partial charge in [-0.25, -0.2) is 0 Å². The predicted molar refractivity (Wildman–Crippen MR) is 81.0 cm³/mol. The number of piperazine rings is 1. The second-order valence-electron chi connectivity index (χ2n) is 6.72. The number of benzene rings is 1. The zero-order valence-electron chi connectivity index (χ0n) is 13.6. The molecule has 1 aliphatic carbocycles. The summed E-state index contributed by atoms with van der Waals surface area (Å²) in [6, 6.07) is 1.60. The third-order valence-electron chi connectivity index (χ3n) is 5.15. The van der Waals surface area contributed by atoms with Crippen LogP contribution < -0.4 is 5.32 Å². The van der Waals surface area contributed by atoms with E-state index < -0.39 is 29.5 Å². The van der Waals surface area contributed by atoms with Crippen LogP contribution in [0.25, 0.3) is 0 Å². The van der Waals surface area contributed by atoms with Gasteiger partial charge in [0.25, 0.3) is 0 Å². The zero-order chi connectivity index (χ0) is 18.2. The van der Waals surface area contributed by atoms with Crippen molar-refractivity contribution in [2.24, 2.45) is 5.92 Å². The number of rotatable bonds is 3. The molecule has 1 atom stereocenters. The van der Waals surface area contributed by atoms with Crippen molar-refractivity contribution >= 4 is 0 Å². The van der Waals surface area contributed by atoms with E-state index in [4.69, 9.17) is 0 Å². The highest BCUT2D eigenvalue weighted by Gasteiger charge is 2.43. The van der Waals surface area contributed by atoms with Gasteiger partial charge in [-0.1, -0.05) is 12.5 Å². The van der Waals surface area contributed by atoms with Gasteiger partial charge in [0.15, 0.2) is 0 Å². The first-order chi connectivity index (χ1) is 11.7. The lowest BCUT2D eigenvalue weighted by atomic mass is 9.75. The average molecular weight is 366 g/mol. The number of nitrogens with zero attached hydrogens (tertiary/aromatic N) is 1. The second kappa shape index (κ2) is 6.79. The third kappa shape index (κ3) is 3.95. The maximum Gasteiger partial charge on any atom is 0.416 e. The van der Waals surface area contributed by atoms with E-state index in [-0.39, 0.29) is 17.5 Å². The Hall–Kier alpha value is -1.28. The molecule has 140 valence electrons. The molecule has 8 heteroatoms. The fourth-order valence-corrected chi connectivity index (χ4v) is 3.70. The van der Waals surface area contributed by atoms with E-state index in [1.807, 2.05) is 4.90 Å². The fourth-order valence-electron chi connectivity index (χ4n) is 3.70. The van der Waals surface area contributed by atoms with E-state index in [9.17, 15) is 26.3 Å². The molecule has 1 N–H and O–H groups in total. The van der Waals surface area contributed by atoms with Crippen molar-refractivity contribution in [3.8, 4) is 0 Å². The number of alkyl halides is 6. The lowest BCUT2D eigenvalue weighted by Gasteiger charge is -2.44. The highest BCUT2D eigenvalue weighted by atomic mass is 19.4. The Balaban J connectivity index is 2.05. The van der Waals surface area contributed by atoms with Gasteiger partial charge in [-0.3, -0.25) is 4.90 Å². The molecule has 1 saturated carbocycles. The van der Waals surface area contributed by atoms with Gasteiger partial charge >= 0.3 is 12.4 Å². The van der Waals surface area contributed by atoms with Gasteiger partial charge in [-0.15, -0.1) is 0 Å². The lowest BCUT2D eigenvalue weighted by Crippen LogP contribution is -2.48. The highest BCUT2D eigenvalue weighted by molar-refractivity contribution is 5.38. The van der Waals surface area contributed by atoms with Crippen LogP contribution in [0, 0.1) is 5.92 Å². The molecular formula is C17H20F6N2. The van der Waals surface area contributed by atoms with E-state index in [0.29, 0.717) is 26.2 Å². The lowest BCUT2D eigenvalue weighted by molar-refractivity contribution is -0.144. The molecule has 1 heterocycles. The molecule has 2 nitrogen and oxygen atoms in total. The van der Waals surface area contributed by atoms with Gasteiger partial charge in [0.2, 0.25) is 0 Å². The van der Waals surface area contributed by atoms with Crippen LogP contribution in [0.15, 0.2) is 18.2 Å². The normalized spacial score (nSPS) is 21.8. The standard InChI is InChI=1S/C17H20F6N2/c18-16(19,20)12-4-5-13(14(10-12)17(21,22)23)15(11-2-1-3-11)25-8-6-24-7-9-25/h4-5,10-11,15,24H,1-3,6-9H2/t15-/m0/s1. The average Bonchev–Trinajstić information content (AvgIpc) is 2.49. The summed E-state index contributed by atoms with van der Waals surface area (Å²) < 4.78 is 79.3. The van der Waals surface area contributed by atoms with Crippen molar-refractivity contribution in [2.45, 2.75) is 37.7 Å². The number of halogens is 6. The molecular weight excluding hydrogens is 346 g/mol. The number of nitrogens with one attached hydrogen (secondary N) is 1. The molecule has 1 aliphatic heterocycles. The minimum absolute atomic E-state index is 0.0212. The zero-order valence-corrected chi connectivity index (χ0v) is 13.6. The Morgan fingerprint density at radius 2 is 1.60 bits per heavy atom. The van der Waals surface area contributed by atoms with Crippen molar-refractivity contribution < 1.29 is 26.3 Å². The molecule has 0 aromatic heterocycles. The Morgan fingerprint density at radius 3 is 2.08 bits per heavy atom. The number of hydrogen-bond donors (Lipinski definition) is 1. The van der Waals surface area contributed by atoms with Crippen molar-refractivity contribution in [2.75, 3.05) is 26.2 Å². The molecule has 2 aliphatic rings. The van der Waals surface area contributed by atoms with E-state index >= 15 is 0 Å². The van der Waals surface area contributed by atoms with Crippen LogP contribution in [0.1, 0.15) is 42.0 Å². The van der Waals surface area contributed by atoms with Crippen LogP contribution in [-0.2, 0) is 12.4 Å². The summed E-state index contributed by atoms with van der Waals surface area (Å²) >= 11 is 0.